The fourth-order valence-electron chi connectivity index (χ4n) is 9.52. The number of aliphatic hydroxyl groups excluding tert-OH is 1. The Morgan fingerprint density at radius 1 is 1.08 bits per heavy atom. The maximum Gasteiger partial charge on any atom is 0.306 e. The van der Waals surface area contributed by atoms with Crippen LogP contribution in [0.1, 0.15) is 91.0 Å². The lowest BCUT2D eigenvalue weighted by atomic mass is 9.43. The number of rotatable bonds is 6. The number of carbonyl (C=O) groups excluding carboxylic acids is 2. The molecule has 4 nitrogen and oxygen atoms in total. The van der Waals surface area contributed by atoms with Crippen LogP contribution in [0.2, 0.25) is 0 Å². The van der Waals surface area contributed by atoms with Crippen LogP contribution < -0.4 is 0 Å². The first kappa shape index (κ1) is 26.7. The summed E-state index contributed by atoms with van der Waals surface area (Å²) in [4.78, 5) is 26.5. The van der Waals surface area contributed by atoms with Gasteiger partial charge in [0.05, 0.1) is 6.10 Å². The minimum Gasteiger partial charge on any atom is -0.461 e. The van der Waals surface area contributed by atoms with E-state index in [-0.39, 0.29) is 34.7 Å². The van der Waals surface area contributed by atoms with Gasteiger partial charge in [-0.15, -0.1) is 0 Å². The Hall–Kier alpha value is -1.94. The fraction of sp³-hybridized carbons (Fsp3) is 0.697. The number of allylic oxidation sites excluding steroid dienone is 2. The van der Waals surface area contributed by atoms with Crippen LogP contribution in [0.25, 0.3) is 0 Å². The van der Waals surface area contributed by atoms with Gasteiger partial charge in [-0.1, -0.05) is 57.2 Å². The molecule has 4 aliphatic carbocycles. The SMILES string of the molecule is CC=C1C(=O)[C@@H]2[C@H](CC[C@]3(C)[C@@H]([C@H](C)CCC(=O)OCc4ccccc4)CC[C@@H]23)[C@@]2(C)CC[C@@H](O)C[C@@H]12. The molecule has 4 fully saturated rings. The van der Waals surface area contributed by atoms with Crippen molar-refractivity contribution in [3.05, 3.63) is 47.5 Å². The summed E-state index contributed by atoms with van der Waals surface area (Å²) in [6, 6.07) is 9.86. The molecule has 1 aromatic rings. The topological polar surface area (TPSA) is 63.6 Å². The van der Waals surface area contributed by atoms with Crippen molar-refractivity contribution in [1.82, 2.24) is 0 Å². The third kappa shape index (κ3) is 4.62. The maximum atomic E-state index is 14.0. The van der Waals surface area contributed by atoms with Crippen LogP contribution in [0.5, 0.6) is 0 Å². The first-order chi connectivity index (χ1) is 17.7. The zero-order valence-corrected chi connectivity index (χ0v) is 23.2. The molecule has 9 atom stereocenters. The van der Waals surface area contributed by atoms with Gasteiger partial charge >= 0.3 is 5.97 Å². The molecule has 0 aromatic heterocycles. The van der Waals surface area contributed by atoms with E-state index in [0.29, 0.717) is 42.5 Å². The monoisotopic (exact) mass is 506 g/mol. The van der Waals surface area contributed by atoms with E-state index in [9.17, 15) is 14.7 Å². The Morgan fingerprint density at radius 2 is 1.78 bits per heavy atom. The molecule has 5 rings (SSSR count). The minimum atomic E-state index is -0.276. The van der Waals surface area contributed by atoms with E-state index in [1.54, 1.807) is 0 Å². The van der Waals surface area contributed by atoms with Crippen LogP contribution in [0.15, 0.2) is 42.0 Å². The summed E-state index contributed by atoms with van der Waals surface area (Å²) in [6.07, 6.45) is 10.3. The Labute approximate surface area is 223 Å². The Balaban J connectivity index is 1.27. The van der Waals surface area contributed by atoms with Gasteiger partial charge in [0.1, 0.15) is 6.61 Å². The number of esters is 1. The van der Waals surface area contributed by atoms with E-state index in [0.717, 1.165) is 56.1 Å². The van der Waals surface area contributed by atoms with Crippen LogP contribution in [-0.4, -0.2) is 23.0 Å². The largest absolute Gasteiger partial charge is 0.461 e. The van der Waals surface area contributed by atoms with Crippen molar-refractivity contribution in [2.75, 3.05) is 0 Å². The number of ether oxygens (including phenoxy) is 1. The summed E-state index contributed by atoms with van der Waals surface area (Å²) in [5.74, 6) is 2.43. The highest BCUT2D eigenvalue weighted by atomic mass is 16.5. The van der Waals surface area contributed by atoms with E-state index < -0.39 is 0 Å². The number of ketones is 1. The van der Waals surface area contributed by atoms with E-state index in [1.807, 2.05) is 37.3 Å². The third-order valence-electron chi connectivity index (χ3n) is 11.5. The molecule has 0 saturated heterocycles. The molecule has 0 bridgehead atoms. The lowest BCUT2D eigenvalue weighted by Crippen LogP contribution is -2.58. The van der Waals surface area contributed by atoms with Crippen LogP contribution in [0.4, 0.5) is 0 Å². The molecule has 4 heteroatoms. The molecule has 0 spiro atoms. The molecule has 4 saturated carbocycles. The fourth-order valence-corrected chi connectivity index (χ4v) is 9.52. The molecular formula is C33H46O4. The Kier molecular flexibility index (Phi) is 7.44. The van der Waals surface area contributed by atoms with E-state index in [4.69, 9.17) is 4.74 Å². The van der Waals surface area contributed by atoms with Gasteiger partial charge in [-0.2, -0.15) is 0 Å². The standard InChI is InChI=1S/C33H46O4/c1-5-24-28-19-23(34)15-17-33(28,4)27-16-18-32(3)25(12-13-26(32)30(27)31(24)36)21(2)11-14-29(35)37-20-22-9-7-6-8-10-22/h5-10,21,23,25-28,30,34H,11-20H2,1-4H3/t21-,23-,25-,26+,27+,28+,30+,32-,33-/m1/s1. The minimum absolute atomic E-state index is 0.113. The van der Waals surface area contributed by atoms with Gasteiger partial charge in [0.25, 0.3) is 0 Å². The van der Waals surface area contributed by atoms with Gasteiger partial charge in [0.2, 0.25) is 0 Å². The molecular weight excluding hydrogens is 460 g/mol. The normalized spacial score (nSPS) is 41.0. The number of carbonyl (C=O) groups is 2. The number of fused-ring (bicyclic) bond motifs is 5. The van der Waals surface area contributed by atoms with Crippen LogP contribution in [0.3, 0.4) is 0 Å². The lowest BCUT2D eigenvalue weighted by molar-refractivity contribution is -0.150. The highest BCUT2D eigenvalue weighted by Gasteiger charge is 2.64. The number of aliphatic hydroxyl groups is 1. The molecule has 0 aliphatic heterocycles. The van der Waals surface area contributed by atoms with Crippen molar-refractivity contribution in [2.45, 2.75) is 98.2 Å². The number of hydrogen-bond acceptors (Lipinski definition) is 4. The molecule has 4 aliphatic rings. The average Bonchev–Trinajstić information content (AvgIpc) is 3.25. The van der Waals surface area contributed by atoms with Gasteiger partial charge in [-0.3, -0.25) is 9.59 Å². The first-order valence-electron chi connectivity index (χ1n) is 14.8. The van der Waals surface area contributed by atoms with Crippen LogP contribution in [-0.2, 0) is 20.9 Å². The summed E-state index contributed by atoms with van der Waals surface area (Å²) < 4.78 is 5.54. The van der Waals surface area contributed by atoms with Gasteiger partial charge in [-0.05, 0) is 110 Å². The second kappa shape index (κ2) is 10.3. The molecule has 1 aromatic carbocycles. The third-order valence-corrected chi connectivity index (χ3v) is 11.5. The number of benzene rings is 1. The summed E-state index contributed by atoms with van der Waals surface area (Å²) in [5.41, 5.74) is 2.30. The smallest absolute Gasteiger partial charge is 0.306 e. The molecule has 37 heavy (non-hydrogen) atoms. The summed E-state index contributed by atoms with van der Waals surface area (Å²) in [6.45, 7) is 9.56. The molecule has 0 amide bonds. The second-order valence-corrected chi connectivity index (χ2v) is 13.2. The quantitative estimate of drug-likeness (QED) is 0.337. The van der Waals surface area contributed by atoms with Gasteiger partial charge in [-0.25, -0.2) is 0 Å². The van der Waals surface area contributed by atoms with Gasteiger partial charge in [0.15, 0.2) is 5.78 Å². The van der Waals surface area contributed by atoms with E-state index in [2.05, 4.69) is 26.8 Å². The zero-order valence-electron chi connectivity index (χ0n) is 23.2. The molecule has 0 heterocycles. The van der Waals surface area contributed by atoms with Crippen LogP contribution >= 0.6 is 0 Å². The predicted octanol–water partition coefficient (Wildman–Crippen LogP) is 6.90. The Morgan fingerprint density at radius 3 is 2.51 bits per heavy atom. The Bertz CT molecular complexity index is 1030. The van der Waals surface area contributed by atoms with Crippen molar-refractivity contribution >= 4 is 11.8 Å². The van der Waals surface area contributed by atoms with E-state index >= 15 is 0 Å². The molecule has 1 N–H and O–H groups in total. The molecule has 202 valence electrons. The average molecular weight is 507 g/mol. The number of Topliss-reactive ketones (excluding diaryl/α,β-unsaturated/α-hetero) is 1. The van der Waals surface area contributed by atoms with Crippen molar-refractivity contribution < 1.29 is 19.4 Å². The molecule has 0 radical (unpaired) electrons. The van der Waals surface area contributed by atoms with Crippen molar-refractivity contribution in [1.29, 1.82) is 0 Å². The van der Waals surface area contributed by atoms with Crippen LogP contribution in [0, 0.1) is 46.3 Å². The highest BCUT2D eigenvalue weighted by Crippen LogP contribution is 2.68. The highest BCUT2D eigenvalue weighted by molar-refractivity contribution is 5.99. The summed E-state index contributed by atoms with van der Waals surface area (Å²) in [5, 5.41) is 10.5. The number of hydrogen-bond donors (Lipinski definition) is 1. The lowest BCUT2D eigenvalue weighted by Gasteiger charge is -2.61. The van der Waals surface area contributed by atoms with Crippen molar-refractivity contribution in [2.24, 2.45) is 46.3 Å². The summed E-state index contributed by atoms with van der Waals surface area (Å²) >= 11 is 0. The van der Waals surface area contributed by atoms with Gasteiger partial charge in [0, 0.05) is 12.3 Å². The maximum absolute atomic E-state index is 14.0. The first-order valence-corrected chi connectivity index (χ1v) is 14.8. The summed E-state index contributed by atoms with van der Waals surface area (Å²) in [7, 11) is 0. The van der Waals surface area contributed by atoms with Crippen molar-refractivity contribution in [3.8, 4) is 0 Å². The van der Waals surface area contributed by atoms with Gasteiger partial charge < -0.3 is 9.84 Å². The second-order valence-electron chi connectivity index (χ2n) is 13.2. The van der Waals surface area contributed by atoms with E-state index in [1.165, 1.54) is 6.42 Å². The zero-order chi connectivity index (χ0) is 26.4. The predicted molar refractivity (Wildman–Crippen MR) is 145 cm³/mol. The molecule has 0 unspecified atom stereocenters. The van der Waals surface area contributed by atoms with Crippen molar-refractivity contribution in [3.63, 3.8) is 0 Å².